The van der Waals surface area contributed by atoms with Crippen molar-refractivity contribution in [1.82, 2.24) is 5.32 Å². The Morgan fingerprint density at radius 3 is 2.33 bits per heavy atom. The molecule has 2 aromatic carbocycles. The summed E-state index contributed by atoms with van der Waals surface area (Å²) in [7, 11) is 2.67. The highest BCUT2D eigenvalue weighted by Crippen LogP contribution is 2.35. The van der Waals surface area contributed by atoms with E-state index in [1.165, 1.54) is 20.3 Å². The second-order valence-electron chi connectivity index (χ2n) is 7.20. The number of halogens is 1. The Hall–Kier alpha value is -3.41. The maximum Gasteiger partial charge on any atom is 0.343 e. The van der Waals surface area contributed by atoms with Crippen LogP contribution in [0.1, 0.15) is 16.7 Å². The first-order chi connectivity index (χ1) is 15.6. The standard InChI is InChI=1S/C23H21IN2O7/c1-12-5-13(2)7-15(6-12)26-22(29)16(21(28)25-23(26)30)8-14-9-17(24)20(18(10-14)31-3)33-11-19(27)32-4/h5-10H,11H2,1-4H3,(H,25,28,30)/b16-8+. The predicted octanol–water partition coefficient (Wildman–Crippen LogP) is 3.13. The van der Waals surface area contributed by atoms with Crippen LogP contribution in [0.2, 0.25) is 0 Å². The quantitative estimate of drug-likeness (QED) is 0.249. The third-order valence-electron chi connectivity index (χ3n) is 4.69. The summed E-state index contributed by atoms with van der Waals surface area (Å²) < 4.78 is 16.0. The molecule has 1 aliphatic rings. The van der Waals surface area contributed by atoms with Crippen LogP contribution < -0.4 is 19.7 Å². The minimum Gasteiger partial charge on any atom is -0.493 e. The molecule has 0 radical (unpaired) electrons. The Morgan fingerprint density at radius 1 is 1.06 bits per heavy atom. The number of rotatable bonds is 6. The summed E-state index contributed by atoms with van der Waals surface area (Å²) in [5.41, 5.74) is 2.36. The molecule has 0 aliphatic carbocycles. The van der Waals surface area contributed by atoms with Gasteiger partial charge in [-0.3, -0.25) is 14.9 Å². The monoisotopic (exact) mass is 564 g/mol. The van der Waals surface area contributed by atoms with Crippen LogP contribution >= 0.6 is 22.6 Å². The van der Waals surface area contributed by atoms with Crippen molar-refractivity contribution in [3.8, 4) is 11.5 Å². The van der Waals surface area contributed by atoms with Crippen LogP contribution in [0.15, 0.2) is 35.9 Å². The van der Waals surface area contributed by atoms with Gasteiger partial charge < -0.3 is 14.2 Å². The fourth-order valence-electron chi connectivity index (χ4n) is 3.29. The van der Waals surface area contributed by atoms with Crippen LogP contribution in [0.3, 0.4) is 0 Å². The molecule has 0 bridgehead atoms. The third kappa shape index (κ3) is 5.33. The largest absolute Gasteiger partial charge is 0.493 e. The number of anilines is 1. The molecule has 0 unspecified atom stereocenters. The Bertz CT molecular complexity index is 1170. The van der Waals surface area contributed by atoms with Crippen molar-refractivity contribution in [3.05, 3.63) is 56.2 Å². The average Bonchev–Trinajstić information content (AvgIpc) is 2.74. The number of esters is 1. The Balaban J connectivity index is 1.99. The summed E-state index contributed by atoms with van der Waals surface area (Å²) in [5, 5.41) is 2.21. The van der Waals surface area contributed by atoms with Gasteiger partial charge in [0.25, 0.3) is 11.8 Å². The molecule has 172 valence electrons. The third-order valence-corrected chi connectivity index (χ3v) is 5.49. The summed E-state index contributed by atoms with van der Waals surface area (Å²) in [6.45, 7) is 3.39. The molecule has 1 saturated heterocycles. The van der Waals surface area contributed by atoms with E-state index < -0.39 is 23.8 Å². The van der Waals surface area contributed by atoms with Gasteiger partial charge in [-0.2, -0.15) is 0 Å². The molecule has 3 rings (SSSR count). The van der Waals surface area contributed by atoms with Gasteiger partial charge in [-0.05, 0) is 83.5 Å². The number of nitrogens with one attached hydrogen (secondary N) is 1. The normalized spacial score (nSPS) is 14.9. The van der Waals surface area contributed by atoms with Crippen molar-refractivity contribution in [3.63, 3.8) is 0 Å². The van der Waals surface area contributed by atoms with Gasteiger partial charge in [0.2, 0.25) is 0 Å². The van der Waals surface area contributed by atoms with E-state index in [-0.39, 0.29) is 12.2 Å². The zero-order valence-corrected chi connectivity index (χ0v) is 20.5. The van der Waals surface area contributed by atoms with Crippen LogP contribution in [0.4, 0.5) is 10.5 Å². The molecule has 0 atom stereocenters. The summed E-state index contributed by atoms with van der Waals surface area (Å²) in [6, 6.07) is 7.69. The summed E-state index contributed by atoms with van der Waals surface area (Å²) in [5.74, 6) is -1.49. The summed E-state index contributed by atoms with van der Waals surface area (Å²) >= 11 is 1.99. The number of ether oxygens (including phenoxy) is 3. The number of methoxy groups -OCH3 is 2. The van der Waals surface area contributed by atoms with Crippen LogP contribution in [0.5, 0.6) is 11.5 Å². The van der Waals surface area contributed by atoms with E-state index in [2.05, 4.69) is 10.1 Å². The SMILES string of the molecule is COC(=O)COc1c(I)cc(/C=C2\C(=O)NC(=O)N(c3cc(C)cc(C)c3)C2=O)cc1OC. The number of barbiturate groups is 1. The smallest absolute Gasteiger partial charge is 0.343 e. The van der Waals surface area contributed by atoms with E-state index in [1.54, 1.807) is 24.3 Å². The van der Waals surface area contributed by atoms with E-state index >= 15 is 0 Å². The lowest BCUT2D eigenvalue weighted by molar-refractivity contribution is -0.143. The number of imide groups is 2. The fraction of sp³-hybridized carbons (Fsp3) is 0.217. The number of aryl methyl sites for hydroxylation is 2. The maximum atomic E-state index is 13.2. The van der Waals surface area contributed by atoms with E-state index in [0.29, 0.717) is 26.3 Å². The molecule has 9 nitrogen and oxygen atoms in total. The highest BCUT2D eigenvalue weighted by Gasteiger charge is 2.37. The van der Waals surface area contributed by atoms with E-state index in [1.807, 2.05) is 42.5 Å². The van der Waals surface area contributed by atoms with Crippen molar-refractivity contribution < 1.29 is 33.4 Å². The lowest BCUT2D eigenvalue weighted by Crippen LogP contribution is -2.54. The topological polar surface area (TPSA) is 111 Å². The first-order valence-electron chi connectivity index (χ1n) is 9.71. The molecule has 0 aromatic heterocycles. The van der Waals surface area contributed by atoms with Crippen LogP contribution in [-0.4, -0.2) is 44.6 Å². The fourth-order valence-corrected chi connectivity index (χ4v) is 4.07. The Kier molecular flexibility index (Phi) is 7.36. The first kappa shape index (κ1) is 24.2. The maximum absolute atomic E-state index is 13.2. The van der Waals surface area contributed by atoms with Crippen molar-refractivity contribution in [2.24, 2.45) is 0 Å². The van der Waals surface area contributed by atoms with Crippen molar-refractivity contribution >= 4 is 58.2 Å². The minimum absolute atomic E-state index is 0.213. The second kappa shape index (κ2) is 10.0. The van der Waals surface area contributed by atoms with Crippen LogP contribution in [-0.2, 0) is 19.1 Å². The molecular weight excluding hydrogens is 543 g/mol. The van der Waals surface area contributed by atoms with Gasteiger partial charge in [0.15, 0.2) is 18.1 Å². The highest BCUT2D eigenvalue weighted by molar-refractivity contribution is 14.1. The minimum atomic E-state index is -0.814. The van der Waals surface area contributed by atoms with E-state index in [4.69, 9.17) is 9.47 Å². The van der Waals surface area contributed by atoms with E-state index in [0.717, 1.165) is 16.0 Å². The van der Waals surface area contributed by atoms with Gasteiger partial charge in [-0.1, -0.05) is 6.07 Å². The number of carbonyl (C=O) groups is 4. The molecular formula is C23H21IN2O7. The Labute approximate surface area is 203 Å². The number of hydrogen-bond donors (Lipinski definition) is 1. The molecule has 1 fully saturated rings. The number of amides is 4. The zero-order valence-electron chi connectivity index (χ0n) is 18.4. The zero-order chi connectivity index (χ0) is 24.3. The molecule has 33 heavy (non-hydrogen) atoms. The molecule has 1 N–H and O–H groups in total. The van der Waals surface area contributed by atoms with Crippen LogP contribution in [0.25, 0.3) is 6.08 Å². The van der Waals surface area contributed by atoms with Crippen LogP contribution in [0, 0.1) is 17.4 Å². The summed E-state index contributed by atoms with van der Waals surface area (Å²) in [6.07, 6.45) is 1.37. The molecule has 4 amide bonds. The van der Waals surface area contributed by atoms with Crippen molar-refractivity contribution in [1.29, 1.82) is 0 Å². The number of benzene rings is 2. The molecule has 0 spiro atoms. The van der Waals surface area contributed by atoms with Gasteiger partial charge in [-0.15, -0.1) is 0 Å². The van der Waals surface area contributed by atoms with Crippen molar-refractivity contribution in [2.75, 3.05) is 25.7 Å². The number of nitrogens with zero attached hydrogens (tertiary/aromatic N) is 1. The Morgan fingerprint density at radius 2 is 1.73 bits per heavy atom. The molecule has 10 heteroatoms. The van der Waals surface area contributed by atoms with Gasteiger partial charge in [-0.25, -0.2) is 14.5 Å². The van der Waals surface area contributed by atoms with Crippen molar-refractivity contribution in [2.45, 2.75) is 13.8 Å². The number of hydrogen-bond acceptors (Lipinski definition) is 7. The van der Waals surface area contributed by atoms with E-state index in [9.17, 15) is 19.2 Å². The predicted molar refractivity (Wildman–Crippen MR) is 128 cm³/mol. The first-order valence-corrected chi connectivity index (χ1v) is 10.8. The highest BCUT2D eigenvalue weighted by atomic mass is 127. The molecule has 1 heterocycles. The lowest BCUT2D eigenvalue weighted by atomic mass is 10.0. The summed E-state index contributed by atoms with van der Waals surface area (Å²) in [4.78, 5) is 50.4. The van der Waals surface area contributed by atoms with Gasteiger partial charge in [0.05, 0.1) is 23.5 Å². The molecule has 0 saturated carbocycles. The second-order valence-corrected chi connectivity index (χ2v) is 8.36. The van der Waals surface area contributed by atoms with Gasteiger partial charge in [0, 0.05) is 0 Å². The number of carbonyl (C=O) groups excluding carboxylic acids is 4. The molecule has 2 aromatic rings. The van der Waals surface area contributed by atoms with Gasteiger partial charge >= 0.3 is 12.0 Å². The molecule has 1 aliphatic heterocycles. The van der Waals surface area contributed by atoms with Gasteiger partial charge in [0.1, 0.15) is 5.57 Å². The lowest BCUT2D eigenvalue weighted by Gasteiger charge is -2.27. The number of urea groups is 1. The average molecular weight is 564 g/mol.